The molecule has 2 aliphatic rings. The predicted octanol–water partition coefficient (Wildman–Crippen LogP) is 2.70. The first-order chi connectivity index (χ1) is 9.89. The number of fused-ring (bicyclic) bond motifs is 2. The number of piperidine rings is 1. The van der Waals surface area contributed by atoms with Gasteiger partial charge in [0.2, 0.25) is 10.0 Å². The number of rotatable bonds is 4. The summed E-state index contributed by atoms with van der Waals surface area (Å²) in [7, 11) is -3.38. The van der Waals surface area contributed by atoms with Crippen molar-refractivity contribution in [3.63, 3.8) is 0 Å². The van der Waals surface area contributed by atoms with Gasteiger partial charge in [-0.05, 0) is 49.4 Å². The second-order valence-corrected chi connectivity index (χ2v) is 8.59. The van der Waals surface area contributed by atoms with Gasteiger partial charge in [0.15, 0.2) is 0 Å². The second kappa shape index (κ2) is 6.05. The van der Waals surface area contributed by atoms with Crippen molar-refractivity contribution in [2.45, 2.75) is 49.6 Å². The first-order valence-electron chi connectivity index (χ1n) is 7.11. The summed E-state index contributed by atoms with van der Waals surface area (Å²) in [5, 5.41) is 4.40. The van der Waals surface area contributed by atoms with Crippen LogP contribution < -0.4 is 10.0 Å². The van der Waals surface area contributed by atoms with E-state index in [0.29, 0.717) is 27.7 Å². The number of hydrogen-bond donors (Lipinski definition) is 2. The maximum Gasteiger partial charge on any atom is 0.216 e. The molecule has 3 rings (SSSR count). The normalized spacial score (nSPS) is 28.8. The minimum absolute atomic E-state index is 0.0309. The van der Waals surface area contributed by atoms with Gasteiger partial charge in [0.1, 0.15) is 0 Å². The maximum atomic E-state index is 12.3. The Morgan fingerprint density at radius 2 is 1.67 bits per heavy atom. The van der Waals surface area contributed by atoms with Crippen molar-refractivity contribution < 1.29 is 8.42 Å². The standard InChI is InChI=1S/C14H18Cl2N2O2S/c15-10-3-9(4-11(16)5-10)8-21(19,20)18-14-6-12-1-2-13(7-14)17-12/h3-5,12-14,17-18H,1-2,6-8H2. The van der Waals surface area contributed by atoms with E-state index in [1.807, 2.05) is 0 Å². The number of halogens is 2. The number of nitrogens with one attached hydrogen (secondary N) is 2. The molecule has 1 aromatic rings. The van der Waals surface area contributed by atoms with Crippen molar-refractivity contribution in [3.8, 4) is 0 Å². The zero-order valence-corrected chi connectivity index (χ0v) is 13.8. The Morgan fingerprint density at radius 3 is 2.24 bits per heavy atom. The van der Waals surface area contributed by atoms with Gasteiger partial charge in [-0.3, -0.25) is 0 Å². The molecule has 2 fully saturated rings. The third kappa shape index (κ3) is 4.11. The van der Waals surface area contributed by atoms with E-state index in [4.69, 9.17) is 23.2 Å². The Hall–Kier alpha value is -0.330. The Labute approximate surface area is 135 Å². The van der Waals surface area contributed by atoms with Crippen LogP contribution in [-0.2, 0) is 15.8 Å². The highest BCUT2D eigenvalue weighted by Crippen LogP contribution is 2.27. The van der Waals surface area contributed by atoms with Gasteiger partial charge in [-0.2, -0.15) is 0 Å². The molecule has 2 N–H and O–H groups in total. The lowest BCUT2D eigenvalue weighted by atomic mass is 10.0. The van der Waals surface area contributed by atoms with Crippen LogP contribution in [0.3, 0.4) is 0 Å². The summed E-state index contributed by atoms with van der Waals surface area (Å²) in [6, 6.07) is 5.81. The molecule has 2 saturated heterocycles. The Morgan fingerprint density at radius 1 is 1.10 bits per heavy atom. The monoisotopic (exact) mass is 348 g/mol. The third-order valence-corrected chi connectivity index (χ3v) is 5.94. The van der Waals surface area contributed by atoms with Crippen LogP contribution >= 0.6 is 23.2 Å². The van der Waals surface area contributed by atoms with Gasteiger partial charge >= 0.3 is 0 Å². The van der Waals surface area contributed by atoms with E-state index in [-0.39, 0.29) is 11.8 Å². The van der Waals surface area contributed by atoms with Crippen LogP contribution in [0.25, 0.3) is 0 Å². The van der Waals surface area contributed by atoms with Gasteiger partial charge < -0.3 is 5.32 Å². The maximum absolute atomic E-state index is 12.3. The van der Waals surface area contributed by atoms with Crippen LogP contribution in [0.1, 0.15) is 31.2 Å². The molecule has 7 heteroatoms. The van der Waals surface area contributed by atoms with Crippen LogP contribution in [0.4, 0.5) is 0 Å². The van der Waals surface area contributed by atoms with Gasteiger partial charge in [-0.15, -0.1) is 0 Å². The largest absolute Gasteiger partial charge is 0.311 e. The SMILES string of the molecule is O=S(=O)(Cc1cc(Cl)cc(Cl)c1)NC1CC2CCC(C1)N2. The van der Waals surface area contributed by atoms with Crippen molar-refractivity contribution in [1.82, 2.24) is 10.0 Å². The number of benzene rings is 1. The molecule has 0 aliphatic carbocycles. The fourth-order valence-electron chi connectivity index (χ4n) is 3.36. The highest BCUT2D eigenvalue weighted by Gasteiger charge is 2.35. The highest BCUT2D eigenvalue weighted by molar-refractivity contribution is 7.88. The second-order valence-electron chi connectivity index (χ2n) is 5.96. The van der Waals surface area contributed by atoms with Crippen LogP contribution in [0.15, 0.2) is 18.2 Å². The molecular formula is C14H18Cl2N2O2S. The molecule has 0 saturated carbocycles. The molecule has 2 unspecified atom stereocenters. The molecule has 2 heterocycles. The van der Waals surface area contributed by atoms with Gasteiger partial charge in [-0.25, -0.2) is 13.1 Å². The molecule has 2 aliphatic heterocycles. The molecule has 21 heavy (non-hydrogen) atoms. The van der Waals surface area contributed by atoms with E-state index >= 15 is 0 Å². The van der Waals surface area contributed by atoms with E-state index in [1.165, 1.54) is 0 Å². The van der Waals surface area contributed by atoms with Gasteiger partial charge in [0.25, 0.3) is 0 Å². The van der Waals surface area contributed by atoms with Gasteiger partial charge in [0, 0.05) is 28.2 Å². The van der Waals surface area contributed by atoms with E-state index in [0.717, 1.165) is 25.7 Å². The lowest BCUT2D eigenvalue weighted by molar-refractivity contribution is 0.345. The third-order valence-electron chi connectivity index (χ3n) is 4.10. The van der Waals surface area contributed by atoms with Crippen molar-refractivity contribution >= 4 is 33.2 Å². The highest BCUT2D eigenvalue weighted by atomic mass is 35.5. The quantitative estimate of drug-likeness (QED) is 0.879. The van der Waals surface area contributed by atoms with E-state index in [2.05, 4.69) is 10.0 Å². The van der Waals surface area contributed by atoms with Crippen LogP contribution in [0.5, 0.6) is 0 Å². The number of hydrogen-bond acceptors (Lipinski definition) is 3. The van der Waals surface area contributed by atoms with Crippen LogP contribution in [0, 0.1) is 0 Å². The minimum atomic E-state index is -3.38. The summed E-state index contributed by atoms with van der Waals surface area (Å²) in [6.07, 6.45) is 4.03. The number of sulfonamides is 1. The van der Waals surface area contributed by atoms with E-state index in [9.17, 15) is 8.42 Å². The first kappa shape index (κ1) is 15.6. The molecule has 4 nitrogen and oxygen atoms in total. The molecule has 2 atom stereocenters. The van der Waals surface area contributed by atoms with Gasteiger partial charge in [0.05, 0.1) is 5.75 Å². The zero-order chi connectivity index (χ0) is 15.0. The molecule has 116 valence electrons. The Balaban J connectivity index is 1.66. The average molecular weight is 349 g/mol. The Kier molecular flexibility index (Phi) is 4.48. The first-order valence-corrected chi connectivity index (χ1v) is 9.51. The summed E-state index contributed by atoms with van der Waals surface area (Å²) < 4.78 is 27.4. The topological polar surface area (TPSA) is 58.2 Å². The van der Waals surface area contributed by atoms with Crippen molar-refractivity contribution in [1.29, 1.82) is 0 Å². The molecule has 0 spiro atoms. The lowest BCUT2D eigenvalue weighted by Crippen LogP contribution is -2.48. The van der Waals surface area contributed by atoms with Crippen molar-refractivity contribution in [2.24, 2.45) is 0 Å². The molecule has 2 bridgehead atoms. The summed E-state index contributed by atoms with van der Waals surface area (Å²) in [5.41, 5.74) is 0.608. The zero-order valence-electron chi connectivity index (χ0n) is 11.5. The fraction of sp³-hybridized carbons (Fsp3) is 0.571. The predicted molar refractivity (Wildman–Crippen MR) is 85.2 cm³/mol. The van der Waals surface area contributed by atoms with Gasteiger partial charge in [-0.1, -0.05) is 23.2 Å². The molecule has 0 amide bonds. The minimum Gasteiger partial charge on any atom is -0.311 e. The van der Waals surface area contributed by atoms with Crippen molar-refractivity contribution in [2.75, 3.05) is 0 Å². The summed E-state index contributed by atoms with van der Waals surface area (Å²) in [6.45, 7) is 0. The van der Waals surface area contributed by atoms with E-state index < -0.39 is 10.0 Å². The van der Waals surface area contributed by atoms with Crippen LogP contribution in [0.2, 0.25) is 10.0 Å². The Bertz CT molecular complexity index is 604. The smallest absolute Gasteiger partial charge is 0.216 e. The molecule has 0 aromatic heterocycles. The van der Waals surface area contributed by atoms with Crippen molar-refractivity contribution in [3.05, 3.63) is 33.8 Å². The van der Waals surface area contributed by atoms with E-state index in [1.54, 1.807) is 18.2 Å². The fourth-order valence-corrected chi connectivity index (χ4v) is 5.32. The summed E-state index contributed by atoms with van der Waals surface area (Å²) in [4.78, 5) is 0. The molecule has 1 aromatic carbocycles. The average Bonchev–Trinajstić information content (AvgIpc) is 2.65. The lowest BCUT2D eigenvalue weighted by Gasteiger charge is -2.29. The summed E-state index contributed by atoms with van der Waals surface area (Å²) >= 11 is 11.8. The summed E-state index contributed by atoms with van der Waals surface area (Å²) in [5.74, 6) is -0.0907. The molecule has 0 radical (unpaired) electrons. The molecular weight excluding hydrogens is 331 g/mol. The van der Waals surface area contributed by atoms with Crippen LogP contribution in [-0.4, -0.2) is 26.5 Å².